The molecule has 2 rings (SSSR count). The number of carboxylic acids is 1. The predicted octanol–water partition coefficient (Wildman–Crippen LogP) is 2.92. The van der Waals surface area contributed by atoms with Crippen LogP contribution in [-0.2, 0) is 9.59 Å². The number of amides is 1. The number of allylic oxidation sites excluding steroid dienone is 3. The Labute approximate surface area is 132 Å². The highest BCUT2D eigenvalue weighted by Gasteiger charge is 2.32. The average Bonchev–Trinajstić information content (AvgIpc) is 2.73. The monoisotopic (exact) mass is 319 g/mol. The summed E-state index contributed by atoms with van der Waals surface area (Å²) < 4.78 is 0.277. The Kier molecular flexibility index (Phi) is 4.93. The first-order chi connectivity index (χ1) is 9.99. The summed E-state index contributed by atoms with van der Waals surface area (Å²) in [6.07, 6.45) is 3.52. The molecule has 0 saturated carbocycles. The van der Waals surface area contributed by atoms with Crippen LogP contribution in [0.25, 0.3) is 5.57 Å². The summed E-state index contributed by atoms with van der Waals surface area (Å²) in [5, 5.41) is 8.77. The van der Waals surface area contributed by atoms with Crippen molar-refractivity contribution >= 4 is 45.7 Å². The summed E-state index contributed by atoms with van der Waals surface area (Å²) in [6.45, 7) is 1.55. The molecule has 0 radical (unpaired) electrons. The maximum absolute atomic E-state index is 12.1. The number of carbonyl (C=O) groups excluding carboxylic acids is 1. The van der Waals surface area contributed by atoms with Gasteiger partial charge in [-0.25, -0.2) is 0 Å². The summed E-state index contributed by atoms with van der Waals surface area (Å²) in [4.78, 5) is 24.3. The zero-order chi connectivity index (χ0) is 15.4. The molecule has 0 spiro atoms. The van der Waals surface area contributed by atoms with Crippen LogP contribution in [0, 0.1) is 0 Å². The Bertz CT molecular complexity index is 650. The van der Waals surface area contributed by atoms with Gasteiger partial charge in [0, 0.05) is 0 Å². The lowest BCUT2D eigenvalue weighted by molar-refractivity contribution is -0.140. The van der Waals surface area contributed by atoms with Crippen LogP contribution in [0.5, 0.6) is 0 Å². The quantitative estimate of drug-likeness (QED) is 0.683. The van der Waals surface area contributed by atoms with Crippen molar-refractivity contribution in [3.05, 3.63) is 53.0 Å². The van der Waals surface area contributed by atoms with E-state index < -0.39 is 12.5 Å². The van der Waals surface area contributed by atoms with Crippen molar-refractivity contribution in [2.75, 3.05) is 6.54 Å². The average molecular weight is 319 g/mol. The first-order valence-corrected chi connectivity index (χ1v) is 7.41. The molecule has 6 heteroatoms. The highest BCUT2D eigenvalue weighted by molar-refractivity contribution is 8.26. The van der Waals surface area contributed by atoms with Crippen molar-refractivity contribution in [2.24, 2.45) is 0 Å². The largest absolute Gasteiger partial charge is 0.480 e. The number of rotatable bonds is 4. The third kappa shape index (κ3) is 3.80. The van der Waals surface area contributed by atoms with Gasteiger partial charge in [-0.3, -0.25) is 14.5 Å². The standard InChI is InChI=1S/C15H13NO3S2/c1-10(11-5-3-2-4-6-11)7-8-12-14(19)16(9-13(17)18)15(20)21-12/h2-8H,9H2,1H3,(H,17,18)/b10-7+,12-8+. The second-order valence-electron chi connectivity index (χ2n) is 4.40. The molecule has 0 bridgehead atoms. The van der Waals surface area contributed by atoms with Gasteiger partial charge >= 0.3 is 5.97 Å². The highest BCUT2D eigenvalue weighted by atomic mass is 32.2. The molecule has 1 saturated heterocycles. The highest BCUT2D eigenvalue weighted by Crippen LogP contribution is 2.31. The molecule has 1 aliphatic heterocycles. The first kappa shape index (κ1) is 15.5. The van der Waals surface area contributed by atoms with Gasteiger partial charge in [0.1, 0.15) is 10.9 Å². The molecule has 1 N–H and O–H groups in total. The van der Waals surface area contributed by atoms with Crippen LogP contribution in [0.4, 0.5) is 0 Å². The van der Waals surface area contributed by atoms with Crippen LogP contribution in [0.3, 0.4) is 0 Å². The van der Waals surface area contributed by atoms with Gasteiger partial charge < -0.3 is 5.11 Å². The molecule has 1 heterocycles. The maximum Gasteiger partial charge on any atom is 0.323 e. The Hall–Kier alpha value is -1.92. The van der Waals surface area contributed by atoms with E-state index in [-0.39, 0.29) is 10.2 Å². The molecule has 1 aromatic rings. The van der Waals surface area contributed by atoms with Gasteiger partial charge in [-0.1, -0.05) is 60.4 Å². The van der Waals surface area contributed by atoms with Gasteiger partial charge in [-0.15, -0.1) is 0 Å². The third-order valence-corrected chi connectivity index (χ3v) is 4.28. The van der Waals surface area contributed by atoms with E-state index in [1.165, 1.54) is 0 Å². The molecular weight excluding hydrogens is 306 g/mol. The molecule has 0 unspecified atom stereocenters. The van der Waals surface area contributed by atoms with Gasteiger partial charge in [0.2, 0.25) is 0 Å². The van der Waals surface area contributed by atoms with E-state index in [0.29, 0.717) is 4.91 Å². The van der Waals surface area contributed by atoms with Crippen LogP contribution >= 0.6 is 24.0 Å². The second-order valence-corrected chi connectivity index (χ2v) is 6.08. The normalized spacial score (nSPS) is 17.7. The van der Waals surface area contributed by atoms with Crippen LogP contribution in [0.15, 0.2) is 47.4 Å². The zero-order valence-electron chi connectivity index (χ0n) is 11.3. The van der Waals surface area contributed by atoms with E-state index in [0.717, 1.165) is 27.8 Å². The number of benzene rings is 1. The Morgan fingerprint density at radius 3 is 2.67 bits per heavy atom. The van der Waals surface area contributed by atoms with E-state index in [1.54, 1.807) is 6.08 Å². The lowest BCUT2D eigenvalue weighted by atomic mass is 10.1. The number of nitrogens with zero attached hydrogens (tertiary/aromatic N) is 1. The van der Waals surface area contributed by atoms with E-state index in [2.05, 4.69) is 0 Å². The van der Waals surface area contributed by atoms with Crippen molar-refractivity contribution in [1.82, 2.24) is 4.90 Å². The molecule has 0 aromatic heterocycles. The van der Waals surface area contributed by atoms with Gasteiger partial charge in [0.15, 0.2) is 0 Å². The minimum absolute atomic E-state index is 0.277. The molecule has 1 amide bonds. The number of hydrogen-bond donors (Lipinski definition) is 1. The van der Waals surface area contributed by atoms with Gasteiger partial charge in [0.05, 0.1) is 4.91 Å². The van der Waals surface area contributed by atoms with Crippen LogP contribution in [0.2, 0.25) is 0 Å². The first-order valence-electron chi connectivity index (χ1n) is 6.18. The van der Waals surface area contributed by atoms with E-state index in [9.17, 15) is 9.59 Å². The van der Waals surface area contributed by atoms with E-state index >= 15 is 0 Å². The molecular formula is C15H13NO3S2. The van der Waals surface area contributed by atoms with Crippen molar-refractivity contribution in [3.63, 3.8) is 0 Å². The lowest BCUT2D eigenvalue weighted by Gasteiger charge is -2.09. The number of carbonyl (C=O) groups is 2. The summed E-state index contributed by atoms with van der Waals surface area (Å²) in [5.41, 5.74) is 2.08. The number of thiocarbonyl (C=S) groups is 1. The fourth-order valence-electron chi connectivity index (χ4n) is 1.78. The van der Waals surface area contributed by atoms with Crippen LogP contribution in [0.1, 0.15) is 12.5 Å². The fourth-order valence-corrected chi connectivity index (χ4v) is 2.98. The Balaban J connectivity index is 2.17. The van der Waals surface area contributed by atoms with Crippen LogP contribution < -0.4 is 0 Å². The summed E-state index contributed by atoms with van der Waals surface area (Å²) >= 11 is 6.15. The minimum Gasteiger partial charge on any atom is -0.480 e. The smallest absolute Gasteiger partial charge is 0.323 e. The van der Waals surface area contributed by atoms with Crippen molar-refractivity contribution in [1.29, 1.82) is 0 Å². The van der Waals surface area contributed by atoms with Crippen molar-refractivity contribution in [2.45, 2.75) is 6.92 Å². The summed E-state index contributed by atoms with van der Waals surface area (Å²) in [6, 6.07) is 9.79. The van der Waals surface area contributed by atoms with Gasteiger partial charge in [-0.05, 0) is 24.1 Å². The molecule has 1 aliphatic rings. The molecule has 4 nitrogen and oxygen atoms in total. The lowest BCUT2D eigenvalue weighted by Crippen LogP contribution is -2.33. The number of thioether (sulfide) groups is 1. The van der Waals surface area contributed by atoms with Crippen molar-refractivity contribution < 1.29 is 14.7 Å². The molecule has 21 heavy (non-hydrogen) atoms. The summed E-state index contributed by atoms with van der Waals surface area (Å²) in [7, 11) is 0. The zero-order valence-corrected chi connectivity index (χ0v) is 12.9. The SMILES string of the molecule is C/C(=C\C=C1\SC(=S)N(CC(=O)O)C1=O)c1ccccc1. The van der Waals surface area contributed by atoms with Gasteiger partial charge in [-0.2, -0.15) is 0 Å². The van der Waals surface area contributed by atoms with E-state index in [4.69, 9.17) is 17.3 Å². The van der Waals surface area contributed by atoms with Crippen molar-refractivity contribution in [3.8, 4) is 0 Å². The Morgan fingerprint density at radius 2 is 2.05 bits per heavy atom. The van der Waals surface area contributed by atoms with Crippen LogP contribution in [-0.4, -0.2) is 32.7 Å². The molecule has 108 valence electrons. The minimum atomic E-state index is -1.08. The number of carboxylic acid groups (broad SMARTS) is 1. The maximum atomic E-state index is 12.1. The Morgan fingerprint density at radius 1 is 1.38 bits per heavy atom. The second kappa shape index (κ2) is 6.69. The number of aliphatic carboxylic acids is 1. The predicted molar refractivity (Wildman–Crippen MR) is 87.7 cm³/mol. The molecule has 0 atom stereocenters. The fraction of sp³-hybridized carbons (Fsp3) is 0.133. The molecule has 1 fully saturated rings. The van der Waals surface area contributed by atoms with Gasteiger partial charge in [0.25, 0.3) is 5.91 Å². The topological polar surface area (TPSA) is 57.6 Å². The third-order valence-electron chi connectivity index (χ3n) is 2.88. The molecule has 1 aromatic carbocycles. The summed E-state index contributed by atoms with van der Waals surface area (Å²) in [5.74, 6) is -1.44. The number of hydrogen-bond acceptors (Lipinski definition) is 4. The molecule has 0 aliphatic carbocycles. The van der Waals surface area contributed by atoms with E-state index in [1.807, 2.05) is 43.3 Å².